The lowest BCUT2D eigenvalue weighted by molar-refractivity contribution is 0.178. The van der Waals surface area contributed by atoms with Gasteiger partial charge in [-0.1, -0.05) is 0 Å². The molecule has 1 aliphatic rings. The van der Waals surface area contributed by atoms with E-state index < -0.39 is 0 Å². The van der Waals surface area contributed by atoms with Crippen molar-refractivity contribution in [3.63, 3.8) is 0 Å². The Morgan fingerprint density at radius 3 is 2.94 bits per heavy atom. The average molecular weight is 233 g/mol. The van der Waals surface area contributed by atoms with Gasteiger partial charge in [0.2, 0.25) is 0 Å². The number of benzene rings is 1. The summed E-state index contributed by atoms with van der Waals surface area (Å²) in [7, 11) is 0. The second kappa shape index (κ2) is 3.80. The maximum atomic E-state index is 13.1. The Balaban J connectivity index is 1.89. The first kappa shape index (κ1) is 10.2. The highest BCUT2D eigenvalue weighted by Gasteiger charge is 2.23. The summed E-state index contributed by atoms with van der Waals surface area (Å²) in [5, 5.41) is 3.20. The Morgan fingerprint density at radius 2 is 2.18 bits per heavy atom. The molecule has 0 bridgehead atoms. The molecular weight excluding hydrogens is 221 g/mol. The van der Waals surface area contributed by atoms with Crippen molar-refractivity contribution in [2.24, 2.45) is 0 Å². The third-order valence-electron chi connectivity index (χ3n) is 2.77. The second-order valence-electron chi connectivity index (χ2n) is 4.08. The Bertz CT molecular complexity index is 550. The minimum Gasteiger partial charge on any atom is -0.478 e. The van der Waals surface area contributed by atoms with Crippen LogP contribution in [-0.4, -0.2) is 6.54 Å². The maximum Gasteiger partial charge on any atom is 0.173 e. The van der Waals surface area contributed by atoms with Gasteiger partial charge in [-0.25, -0.2) is 4.39 Å². The molecule has 0 aliphatic carbocycles. The summed E-state index contributed by atoms with van der Waals surface area (Å²) in [6.07, 6.45) is -0.210. The molecule has 0 saturated carbocycles. The van der Waals surface area contributed by atoms with Gasteiger partial charge in [-0.3, -0.25) is 0 Å². The molecule has 0 saturated heterocycles. The lowest BCUT2D eigenvalue weighted by Crippen LogP contribution is -2.23. The minimum atomic E-state index is -0.304. The smallest absolute Gasteiger partial charge is 0.173 e. The fourth-order valence-corrected chi connectivity index (χ4v) is 1.92. The Kier molecular flexibility index (Phi) is 2.28. The van der Waals surface area contributed by atoms with E-state index in [0.717, 1.165) is 17.2 Å². The Morgan fingerprint density at radius 1 is 1.29 bits per heavy atom. The van der Waals surface area contributed by atoms with Crippen molar-refractivity contribution in [2.45, 2.75) is 13.0 Å². The van der Waals surface area contributed by atoms with Crippen LogP contribution in [0.2, 0.25) is 0 Å². The van der Waals surface area contributed by atoms with Gasteiger partial charge >= 0.3 is 0 Å². The number of rotatable bonds is 1. The monoisotopic (exact) mass is 233 g/mol. The van der Waals surface area contributed by atoms with Gasteiger partial charge in [-0.05, 0) is 31.2 Å². The summed E-state index contributed by atoms with van der Waals surface area (Å²) in [5.41, 5.74) is 0.811. The van der Waals surface area contributed by atoms with Crippen molar-refractivity contribution in [1.29, 1.82) is 0 Å². The Labute approximate surface area is 98.2 Å². The van der Waals surface area contributed by atoms with Crippen LogP contribution in [0.4, 0.5) is 10.1 Å². The minimum absolute atomic E-state index is 0.210. The molecule has 88 valence electrons. The van der Waals surface area contributed by atoms with Gasteiger partial charge in [0.05, 0.1) is 12.2 Å². The standard InChI is InChI=1S/C13H12FNO2/c1-8-2-5-11(16-8)13-7-15-10-4-3-9(14)6-12(10)17-13/h2-6,13,15H,7H2,1H3. The molecule has 2 heterocycles. The van der Waals surface area contributed by atoms with Crippen LogP contribution in [0, 0.1) is 12.7 Å². The quantitative estimate of drug-likeness (QED) is 0.820. The molecule has 17 heavy (non-hydrogen) atoms. The van der Waals surface area contributed by atoms with E-state index >= 15 is 0 Å². The first-order valence-electron chi connectivity index (χ1n) is 5.49. The summed E-state index contributed by atoms with van der Waals surface area (Å²) in [6, 6.07) is 8.23. The molecule has 3 nitrogen and oxygen atoms in total. The number of fused-ring (bicyclic) bond motifs is 1. The van der Waals surface area contributed by atoms with Crippen LogP contribution >= 0.6 is 0 Å². The van der Waals surface area contributed by atoms with E-state index in [1.54, 1.807) is 6.07 Å². The van der Waals surface area contributed by atoms with Crippen LogP contribution < -0.4 is 10.1 Å². The molecule has 1 unspecified atom stereocenters. The number of aryl methyl sites for hydroxylation is 1. The highest BCUT2D eigenvalue weighted by Crippen LogP contribution is 2.34. The summed E-state index contributed by atoms with van der Waals surface area (Å²) in [6.45, 7) is 2.50. The molecule has 1 aromatic carbocycles. The van der Waals surface area contributed by atoms with Crippen molar-refractivity contribution < 1.29 is 13.5 Å². The van der Waals surface area contributed by atoms with Gasteiger partial charge in [0, 0.05) is 6.07 Å². The van der Waals surface area contributed by atoms with E-state index in [1.165, 1.54) is 12.1 Å². The second-order valence-corrected chi connectivity index (χ2v) is 4.08. The molecule has 0 radical (unpaired) electrons. The van der Waals surface area contributed by atoms with Gasteiger partial charge in [0.1, 0.15) is 23.1 Å². The predicted molar refractivity (Wildman–Crippen MR) is 61.7 cm³/mol. The highest BCUT2D eigenvalue weighted by atomic mass is 19.1. The van der Waals surface area contributed by atoms with Crippen LogP contribution in [0.1, 0.15) is 17.6 Å². The fraction of sp³-hybridized carbons (Fsp3) is 0.231. The van der Waals surface area contributed by atoms with E-state index in [0.29, 0.717) is 12.3 Å². The van der Waals surface area contributed by atoms with Crippen molar-refractivity contribution in [3.8, 4) is 5.75 Å². The molecule has 1 atom stereocenters. The topological polar surface area (TPSA) is 34.4 Å². The summed E-state index contributed by atoms with van der Waals surface area (Å²) in [4.78, 5) is 0. The lowest BCUT2D eigenvalue weighted by Gasteiger charge is -2.26. The van der Waals surface area contributed by atoms with E-state index in [4.69, 9.17) is 9.15 Å². The number of ether oxygens (including phenoxy) is 1. The number of furan rings is 1. The van der Waals surface area contributed by atoms with Gasteiger partial charge in [0.25, 0.3) is 0 Å². The van der Waals surface area contributed by atoms with Crippen molar-refractivity contribution in [2.75, 3.05) is 11.9 Å². The molecular formula is C13H12FNO2. The first-order chi connectivity index (χ1) is 8.22. The highest BCUT2D eigenvalue weighted by molar-refractivity contribution is 5.58. The zero-order valence-corrected chi connectivity index (χ0v) is 9.37. The number of hydrogen-bond donors (Lipinski definition) is 1. The van der Waals surface area contributed by atoms with E-state index in [2.05, 4.69) is 5.32 Å². The van der Waals surface area contributed by atoms with Crippen molar-refractivity contribution in [3.05, 3.63) is 47.7 Å². The molecule has 1 N–H and O–H groups in total. The van der Waals surface area contributed by atoms with Gasteiger partial charge in [-0.15, -0.1) is 0 Å². The van der Waals surface area contributed by atoms with Crippen molar-refractivity contribution in [1.82, 2.24) is 0 Å². The molecule has 1 aromatic heterocycles. The summed E-state index contributed by atoms with van der Waals surface area (Å²) in [5.74, 6) is 1.82. The van der Waals surface area contributed by atoms with Gasteiger partial charge in [-0.2, -0.15) is 0 Å². The predicted octanol–water partition coefficient (Wildman–Crippen LogP) is 3.27. The van der Waals surface area contributed by atoms with E-state index in [9.17, 15) is 4.39 Å². The van der Waals surface area contributed by atoms with E-state index in [1.807, 2.05) is 19.1 Å². The zero-order chi connectivity index (χ0) is 11.8. The molecule has 2 aromatic rings. The van der Waals surface area contributed by atoms with Crippen LogP contribution in [0.25, 0.3) is 0 Å². The number of halogens is 1. The third kappa shape index (κ3) is 1.86. The van der Waals surface area contributed by atoms with Crippen LogP contribution in [0.5, 0.6) is 5.75 Å². The van der Waals surface area contributed by atoms with Crippen LogP contribution in [0.15, 0.2) is 34.7 Å². The van der Waals surface area contributed by atoms with Crippen LogP contribution in [-0.2, 0) is 0 Å². The third-order valence-corrected chi connectivity index (χ3v) is 2.77. The number of anilines is 1. The molecule has 3 rings (SSSR count). The fourth-order valence-electron chi connectivity index (χ4n) is 1.92. The lowest BCUT2D eigenvalue weighted by atomic mass is 10.2. The van der Waals surface area contributed by atoms with Crippen molar-refractivity contribution >= 4 is 5.69 Å². The normalized spacial score (nSPS) is 18.1. The van der Waals surface area contributed by atoms with Crippen LogP contribution in [0.3, 0.4) is 0 Å². The molecule has 0 amide bonds. The average Bonchev–Trinajstić information content (AvgIpc) is 2.75. The number of hydrogen-bond acceptors (Lipinski definition) is 3. The van der Waals surface area contributed by atoms with E-state index in [-0.39, 0.29) is 11.9 Å². The maximum absolute atomic E-state index is 13.1. The van der Waals surface area contributed by atoms with Gasteiger partial charge in [0.15, 0.2) is 6.10 Å². The number of nitrogens with one attached hydrogen (secondary N) is 1. The Hall–Kier alpha value is -1.97. The first-order valence-corrected chi connectivity index (χ1v) is 5.49. The molecule has 0 spiro atoms. The SMILES string of the molecule is Cc1ccc(C2CNc3ccc(F)cc3O2)o1. The summed E-state index contributed by atoms with van der Waals surface area (Å²) < 4.78 is 24.3. The largest absolute Gasteiger partial charge is 0.478 e. The zero-order valence-electron chi connectivity index (χ0n) is 9.37. The summed E-state index contributed by atoms with van der Waals surface area (Å²) >= 11 is 0. The molecule has 1 aliphatic heterocycles. The van der Waals surface area contributed by atoms with Gasteiger partial charge < -0.3 is 14.5 Å². The molecule has 0 fully saturated rings. The molecule has 4 heteroatoms.